The Morgan fingerprint density at radius 3 is 2.74 bits per heavy atom. The number of rotatable bonds is 9. The van der Waals surface area contributed by atoms with Crippen molar-refractivity contribution in [1.82, 2.24) is 4.90 Å². The maximum atomic E-state index is 13.1. The van der Waals surface area contributed by atoms with Gasteiger partial charge in [0.15, 0.2) is 0 Å². The van der Waals surface area contributed by atoms with Gasteiger partial charge in [-0.25, -0.2) is 4.79 Å². The van der Waals surface area contributed by atoms with Crippen molar-refractivity contribution < 1.29 is 9.53 Å². The number of hydrogen-bond donors (Lipinski definition) is 1. The van der Waals surface area contributed by atoms with Crippen LogP contribution in [0.15, 0.2) is 36.4 Å². The van der Waals surface area contributed by atoms with Gasteiger partial charge in [0, 0.05) is 51.3 Å². The third kappa shape index (κ3) is 6.23. The highest BCUT2D eigenvalue weighted by atomic mass is 16.5. The van der Waals surface area contributed by atoms with Gasteiger partial charge in [-0.3, -0.25) is 0 Å². The van der Waals surface area contributed by atoms with E-state index in [0.717, 1.165) is 38.0 Å². The lowest BCUT2D eigenvalue weighted by molar-refractivity contribution is 0.171. The van der Waals surface area contributed by atoms with Crippen molar-refractivity contribution in [3.63, 3.8) is 0 Å². The van der Waals surface area contributed by atoms with Crippen LogP contribution in [0.2, 0.25) is 0 Å². The van der Waals surface area contributed by atoms with Gasteiger partial charge in [-0.2, -0.15) is 0 Å². The number of fused-ring (bicyclic) bond motifs is 1. The molecule has 0 fully saturated rings. The van der Waals surface area contributed by atoms with E-state index in [0.29, 0.717) is 19.7 Å². The number of methoxy groups -OCH3 is 1. The topological polar surface area (TPSA) is 44.8 Å². The molecule has 1 aliphatic rings. The summed E-state index contributed by atoms with van der Waals surface area (Å²) in [4.78, 5) is 17.5. The Labute approximate surface area is 187 Å². The highest BCUT2D eigenvalue weighted by Gasteiger charge is 2.19. The molecule has 0 aliphatic carbocycles. The lowest BCUT2D eigenvalue weighted by Crippen LogP contribution is -2.36. The minimum absolute atomic E-state index is 0.0651. The number of nitrogens with zero attached hydrogens (tertiary/aromatic N) is 2. The van der Waals surface area contributed by atoms with Crippen LogP contribution < -0.4 is 10.2 Å². The van der Waals surface area contributed by atoms with Crippen LogP contribution in [0.3, 0.4) is 0 Å². The van der Waals surface area contributed by atoms with Crippen LogP contribution in [0.5, 0.6) is 0 Å². The summed E-state index contributed by atoms with van der Waals surface area (Å²) in [6, 6.07) is 12.7. The van der Waals surface area contributed by atoms with Crippen molar-refractivity contribution in [2.45, 2.75) is 53.0 Å². The average molecular weight is 424 g/mol. The molecule has 0 saturated heterocycles. The summed E-state index contributed by atoms with van der Waals surface area (Å²) in [5.74, 6) is 0. The SMILES string of the molecule is CCCN1CCCc2cc(CN(CCCOC)C(=O)Nc3ccc(C)c(C)c3)ccc21. The van der Waals surface area contributed by atoms with E-state index < -0.39 is 0 Å². The number of aryl methyl sites for hydroxylation is 3. The molecule has 0 unspecified atom stereocenters. The lowest BCUT2D eigenvalue weighted by Gasteiger charge is -2.32. The fraction of sp³-hybridized carbons (Fsp3) is 0.500. The van der Waals surface area contributed by atoms with E-state index in [-0.39, 0.29) is 6.03 Å². The predicted molar refractivity (Wildman–Crippen MR) is 129 cm³/mol. The first-order chi connectivity index (χ1) is 15.0. The van der Waals surface area contributed by atoms with Crippen molar-refractivity contribution >= 4 is 17.4 Å². The number of nitrogens with one attached hydrogen (secondary N) is 1. The molecule has 31 heavy (non-hydrogen) atoms. The molecule has 0 bridgehead atoms. The molecule has 3 rings (SSSR count). The van der Waals surface area contributed by atoms with E-state index in [1.807, 2.05) is 23.1 Å². The summed E-state index contributed by atoms with van der Waals surface area (Å²) in [6.45, 7) is 10.5. The zero-order valence-electron chi connectivity index (χ0n) is 19.5. The number of ether oxygens (including phenoxy) is 1. The average Bonchev–Trinajstić information content (AvgIpc) is 2.76. The van der Waals surface area contributed by atoms with E-state index in [1.165, 1.54) is 34.4 Å². The van der Waals surface area contributed by atoms with Crippen molar-refractivity contribution in [2.24, 2.45) is 0 Å². The minimum Gasteiger partial charge on any atom is -0.385 e. The van der Waals surface area contributed by atoms with E-state index in [1.54, 1.807) is 7.11 Å². The van der Waals surface area contributed by atoms with Gasteiger partial charge >= 0.3 is 6.03 Å². The zero-order valence-corrected chi connectivity index (χ0v) is 19.5. The van der Waals surface area contributed by atoms with Crippen molar-refractivity contribution in [1.29, 1.82) is 0 Å². The second-order valence-electron chi connectivity index (χ2n) is 8.55. The summed E-state index contributed by atoms with van der Waals surface area (Å²) in [7, 11) is 1.70. The van der Waals surface area contributed by atoms with E-state index >= 15 is 0 Å². The summed E-state index contributed by atoms with van der Waals surface area (Å²) in [5.41, 5.74) is 7.19. The molecule has 2 aromatic rings. The van der Waals surface area contributed by atoms with Crippen LogP contribution in [0, 0.1) is 13.8 Å². The molecule has 1 heterocycles. The first-order valence-electron chi connectivity index (χ1n) is 11.5. The van der Waals surface area contributed by atoms with Gasteiger partial charge in [0.1, 0.15) is 0 Å². The fourth-order valence-electron chi connectivity index (χ4n) is 4.22. The van der Waals surface area contributed by atoms with Gasteiger partial charge in [0.2, 0.25) is 0 Å². The second kappa shape index (κ2) is 11.2. The molecule has 5 nitrogen and oxygen atoms in total. The van der Waals surface area contributed by atoms with Gasteiger partial charge in [-0.05, 0) is 80.0 Å². The van der Waals surface area contributed by atoms with Gasteiger partial charge < -0.3 is 19.9 Å². The Morgan fingerprint density at radius 2 is 2.00 bits per heavy atom. The summed E-state index contributed by atoms with van der Waals surface area (Å²) >= 11 is 0. The Morgan fingerprint density at radius 1 is 1.16 bits per heavy atom. The van der Waals surface area contributed by atoms with Crippen LogP contribution in [0.25, 0.3) is 0 Å². The summed E-state index contributed by atoms with van der Waals surface area (Å²) in [6.07, 6.45) is 4.28. The minimum atomic E-state index is -0.0651. The van der Waals surface area contributed by atoms with Crippen LogP contribution in [0.4, 0.5) is 16.2 Å². The molecule has 168 valence electrons. The van der Waals surface area contributed by atoms with Crippen molar-refractivity contribution in [2.75, 3.05) is 43.6 Å². The Balaban J connectivity index is 1.74. The quantitative estimate of drug-likeness (QED) is 0.539. The first kappa shape index (κ1) is 23.1. The number of hydrogen-bond acceptors (Lipinski definition) is 3. The lowest BCUT2D eigenvalue weighted by atomic mass is 9.98. The Bertz CT molecular complexity index is 881. The Hall–Kier alpha value is -2.53. The number of anilines is 2. The van der Waals surface area contributed by atoms with E-state index in [9.17, 15) is 4.79 Å². The van der Waals surface area contributed by atoms with Crippen molar-refractivity contribution in [3.05, 3.63) is 58.7 Å². The standard InChI is InChI=1S/C26H37N3O2/c1-5-13-28-14-6-8-23-18-22(10-12-25(23)28)19-29(15-7-16-31-4)26(30)27-24-11-9-20(2)21(3)17-24/h9-12,17-18H,5-8,13-16,19H2,1-4H3,(H,27,30). The summed E-state index contributed by atoms with van der Waals surface area (Å²) < 4.78 is 5.21. The van der Waals surface area contributed by atoms with Gasteiger partial charge in [-0.1, -0.05) is 25.1 Å². The molecule has 5 heteroatoms. The zero-order chi connectivity index (χ0) is 22.2. The molecule has 0 radical (unpaired) electrons. The molecule has 2 amide bonds. The van der Waals surface area contributed by atoms with Crippen LogP contribution in [-0.4, -0.2) is 44.3 Å². The predicted octanol–water partition coefficient (Wildman–Crippen LogP) is 5.54. The monoisotopic (exact) mass is 423 g/mol. The molecule has 0 saturated carbocycles. The van der Waals surface area contributed by atoms with Crippen LogP contribution in [0.1, 0.15) is 48.4 Å². The molecular weight excluding hydrogens is 386 g/mol. The summed E-state index contributed by atoms with van der Waals surface area (Å²) in [5, 5.41) is 3.08. The Kier molecular flexibility index (Phi) is 8.35. The third-order valence-corrected chi connectivity index (χ3v) is 6.05. The fourth-order valence-corrected chi connectivity index (χ4v) is 4.22. The number of urea groups is 1. The smallest absolute Gasteiger partial charge is 0.322 e. The maximum Gasteiger partial charge on any atom is 0.322 e. The van der Waals surface area contributed by atoms with Gasteiger partial charge in [-0.15, -0.1) is 0 Å². The van der Waals surface area contributed by atoms with Crippen molar-refractivity contribution in [3.8, 4) is 0 Å². The third-order valence-electron chi connectivity index (χ3n) is 6.05. The molecule has 0 aromatic heterocycles. The highest BCUT2D eigenvalue weighted by Crippen LogP contribution is 2.28. The van der Waals surface area contributed by atoms with E-state index in [2.05, 4.69) is 49.2 Å². The molecule has 0 atom stereocenters. The normalized spacial score (nSPS) is 13.1. The highest BCUT2D eigenvalue weighted by molar-refractivity contribution is 5.89. The molecule has 1 N–H and O–H groups in total. The van der Waals surface area contributed by atoms with Crippen LogP contribution in [-0.2, 0) is 17.7 Å². The number of benzene rings is 2. The van der Waals surface area contributed by atoms with Gasteiger partial charge in [0.25, 0.3) is 0 Å². The van der Waals surface area contributed by atoms with E-state index in [4.69, 9.17) is 4.74 Å². The maximum absolute atomic E-state index is 13.1. The molecule has 1 aliphatic heterocycles. The van der Waals surface area contributed by atoms with Gasteiger partial charge in [0.05, 0.1) is 0 Å². The molecular formula is C26H37N3O2. The molecule has 0 spiro atoms. The second-order valence-corrected chi connectivity index (χ2v) is 8.55. The first-order valence-corrected chi connectivity index (χ1v) is 11.5. The number of carbonyl (C=O) groups is 1. The van der Waals surface area contributed by atoms with Crippen LogP contribution >= 0.6 is 0 Å². The number of amides is 2. The molecule has 2 aromatic carbocycles. The largest absolute Gasteiger partial charge is 0.385 e. The number of carbonyl (C=O) groups excluding carboxylic acids is 1.